The minimum absolute atomic E-state index is 0.711. The van der Waals surface area contributed by atoms with Crippen LogP contribution in [0.5, 0.6) is 5.75 Å². The average molecular weight is 306 g/mol. The van der Waals surface area contributed by atoms with Crippen LogP contribution in [0.2, 0.25) is 10.2 Å². The number of hydrogen-bond donors (Lipinski definition) is 0. The van der Waals surface area contributed by atoms with Crippen molar-refractivity contribution in [3.8, 4) is 5.75 Å². The van der Waals surface area contributed by atoms with Gasteiger partial charge in [0.15, 0.2) is 0 Å². The van der Waals surface area contributed by atoms with Gasteiger partial charge in [0.2, 0.25) is 0 Å². The van der Waals surface area contributed by atoms with Gasteiger partial charge in [0.1, 0.15) is 10.9 Å². The lowest BCUT2D eigenvalue weighted by Gasteiger charge is -2.08. The SMILES string of the molecule is COc1ccc2c(c1)cc(Cl)n2Cc1ccc(Cl)cc1. The third kappa shape index (κ3) is 2.49. The maximum Gasteiger partial charge on any atom is 0.119 e. The van der Waals surface area contributed by atoms with E-state index in [0.29, 0.717) is 11.7 Å². The molecule has 1 aromatic heterocycles. The van der Waals surface area contributed by atoms with Gasteiger partial charge in [-0.25, -0.2) is 0 Å². The topological polar surface area (TPSA) is 14.2 Å². The smallest absolute Gasteiger partial charge is 0.119 e. The maximum atomic E-state index is 6.34. The third-order valence-electron chi connectivity index (χ3n) is 3.31. The van der Waals surface area contributed by atoms with E-state index in [1.165, 1.54) is 0 Å². The molecule has 0 amide bonds. The van der Waals surface area contributed by atoms with Gasteiger partial charge in [-0.1, -0.05) is 35.3 Å². The summed E-state index contributed by atoms with van der Waals surface area (Å²) in [5, 5.41) is 2.52. The van der Waals surface area contributed by atoms with Crippen LogP contribution < -0.4 is 4.74 Å². The van der Waals surface area contributed by atoms with Gasteiger partial charge < -0.3 is 9.30 Å². The predicted molar refractivity (Wildman–Crippen MR) is 84.1 cm³/mol. The van der Waals surface area contributed by atoms with Crippen LogP contribution in [0.4, 0.5) is 0 Å². The third-order valence-corrected chi connectivity index (χ3v) is 3.88. The lowest BCUT2D eigenvalue weighted by Crippen LogP contribution is -1.99. The van der Waals surface area contributed by atoms with E-state index in [1.807, 2.05) is 48.5 Å². The summed E-state index contributed by atoms with van der Waals surface area (Å²) in [6.45, 7) is 0.714. The van der Waals surface area contributed by atoms with Crippen molar-refractivity contribution in [2.75, 3.05) is 7.11 Å². The first-order valence-electron chi connectivity index (χ1n) is 6.24. The second-order valence-electron chi connectivity index (χ2n) is 4.60. The molecule has 4 heteroatoms. The summed E-state index contributed by atoms with van der Waals surface area (Å²) >= 11 is 12.2. The van der Waals surface area contributed by atoms with Crippen LogP contribution in [0.3, 0.4) is 0 Å². The zero-order valence-corrected chi connectivity index (χ0v) is 12.4. The van der Waals surface area contributed by atoms with E-state index in [4.69, 9.17) is 27.9 Å². The van der Waals surface area contributed by atoms with E-state index in [1.54, 1.807) is 7.11 Å². The van der Waals surface area contributed by atoms with E-state index in [0.717, 1.165) is 27.2 Å². The Morgan fingerprint density at radius 2 is 1.75 bits per heavy atom. The molecule has 0 fully saturated rings. The highest BCUT2D eigenvalue weighted by molar-refractivity contribution is 6.31. The molecule has 0 N–H and O–H groups in total. The van der Waals surface area contributed by atoms with E-state index >= 15 is 0 Å². The molecule has 0 unspecified atom stereocenters. The number of fused-ring (bicyclic) bond motifs is 1. The maximum absolute atomic E-state index is 6.34. The molecule has 3 aromatic rings. The van der Waals surface area contributed by atoms with Crippen molar-refractivity contribution in [3.05, 3.63) is 64.3 Å². The first-order chi connectivity index (χ1) is 9.67. The van der Waals surface area contributed by atoms with Crippen LogP contribution in [-0.4, -0.2) is 11.7 Å². The van der Waals surface area contributed by atoms with E-state index in [2.05, 4.69) is 4.57 Å². The molecular weight excluding hydrogens is 293 g/mol. The normalized spacial score (nSPS) is 10.9. The summed E-state index contributed by atoms with van der Waals surface area (Å²) < 4.78 is 7.30. The van der Waals surface area contributed by atoms with Gasteiger partial charge in [-0.2, -0.15) is 0 Å². The van der Waals surface area contributed by atoms with Crippen LogP contribution >= 0.6 is 23.2 Å². The Labute approximate surface area is 127 Å². The number of rotatable bonds is 3. The predicted octanol–water partition coefficient (Wildman–Crippen LogP) is 5.01. The zero-order valence-electron chi connectivity index (χ0n) is 10.9. The average Bonchev–Trinajstić information content (AvgIpc) is 2.76. The summed E-state index contributed by atoms with van der Waals surface area (Å²) in [4.78, 5) is 0. The summed E-state index contributed by atoms with van der Waals surface area (Å²) in [5.74, 6) is 0.831. The van der Waals surface area contributed by atoms with Crippen molar-refractivity contribution in [2.45, 2.75) is 6.54 Å². The van der Waals surface area contributed by atoms with Crippen molar-refractivity contribution in [1.82, 2.24) is 4.57 Å². The highest BCUT2D eigenvalue weighted by atomic mass is 35.5. The quantitative estimate of drug-likeness (QED) is 0.664. The van der Waals surface area contributed by atoms with Crippen LogP contribution in [0.25, 0.3) is 10.9 Å². The van der Waals surface area contributed by atoms with Crippen molar-refractivity contribution < 1.29 is 4.74 Å². The van der Waals surface area contributed by atoms with Crippen LogP contribution in [-0.2, 0) is 6.54 Å². The van der Waals surface area contributed by atoms with Crippen molar-refractivity contribution in [3.63, 3.8) is 0 Å². The highest BCUT2D eigenvalue weighted by Crippen LogP contribution is 2.28. The van der Waals surface area contributed by atoms with Crippen LogP contribution in [0.1, 0.15) is 5.56 Å². The van der Waals surface area contributed by atoms with Crippen molar-refractivity contribution >= 4 is 34.1 Å². The molecule has 102 valence electrons. The fourth-order valence-electron chi connectivity index (χ4n) is 2.28. The Morgan fingerprint density at radius 1 is 1.00 bits per heavy atom. The van der Waals surface area contributed by atoms with E-state index in [9.17, 15) is 0 Å². The summed E-state index contributed by atoms with van der Waals surface area (Å²) in [6, 6.07) is 15.7. The fraction of sp³-hybridized carbons (Fsp3) is 0.125. The van der Waals surface area contributed by atoms with Crippen LogP contribution in [0.15, 0.2) is 48.5 Å². The van der Waals surface area contributed by atoms with Gasteiger partial charge in [0.05, 0.1) is 7.11 Å². The Hall–Kier alpha value is -1.64. The number of methoxy groups -OCH3 is 1. The molecule has 0 aliphatic rings. The Kier molecular flexibility index (Phi) is 3.60. The minimum Gasteiger partial charge on any atom is -0.497 e. The molecule has 0 aliphatic heterocycles. The van der Waals surface area contributed by atoms with E-state index < -0.39 is 0 Å². The number of nitrogens with zero attached hydrogens (tertiary/aromatic N) is 1. The van der Waals surface area contributed by atoms with Gasteiger partial charge in [-0.05, 0) is 42.0 Å². The molecule has 2 aromatic carbocycles. The van der Waals surface area contributed by atoms with E-state index in [-0.39, 0.29) is 0 Å². The van der Waals surface area contributed by atoms with Gasteiger partial charge >= 0.3 is 0 Å². The molecule has 1 heterocycles. The van der Waals surface area contributed by atoms with Gasteiger partial charge in [0, 0.05) is 22.5 Å². The number of halogens is 2. The number of ether oxygens (including phenoxy) is 1. The standard InChI is InChI=1S/C16H13Cl2NO/c1-20-14-6-7-15-12(8-14)9-16(18)19(15)10-11-2-4-13(17)5-3-11/h2-9H,10H2,1H3. The largest absolute Gasteiger partial charge is 0.497 e. The molecule has 3 rings (SSSR count). The molecule has 0 bridgehead atoms. The molecule has 0 atom stereocenters. The molecule has 0 radical (unpaired) electrons. The monoisotopic (exact) mass is 305 g/mol. The Balaban J connectivity index is 2.02. The van der Waals surface area contributed by atoms with Crippen molar-refractivity contribution in [2.24, 2.45) is 0 Å². The highest BCUT2D eigenvalue weighted by Gasteiger charge is 2.08. The second kappa shape index (κ2) is 5.39. The zero-order chi connectivity index (χ0) is 14.1. The molecular formula is C16H13Cl2NO. The molecule has 0 saturated carbocycles. The number of hydrogen-bond acceptors (Lipinski definition) is 1. The fourth-order valence-corrected chi connectivity index (χ4v) is 2.67. The Morgan fingerprint density at radius 3 is 2.45 bits per heavy atom. The van der Waals surface area contributed by atoms with Crippen LogP contribution in [0, 0.1) is 0 Å². The first kappa shape index (κ1) is 13.3. The molecule has 2 nitrogen and oxygen atoms in total. The first-order valence-corrected chi connectivity index (χ1v) is 7.00. The number of aromatic nitrogens is 1. The Bertz CT molecular complexity index is 747. The molecule has 20 heavy (non-hydrogen) atoms. The van der Waals surface area contributed by atoms with Gasteiger partial charge in [-0.3, -0.25) is 0 Å². The molecule has 0 aliphatic carbocycles. The molecule has 0 saturated heterocycles. The number of benzene rings is 2. The lowest BCUT2D eigenvalue weighted by molar-refractivity contribution is 0.415. The summed E-state index contributed by atoms with van der Waals surface area (Å²) in [5.41, 5.74) is 2.25. The van der Waals surface area contributed by atoms with Crippen molar-refractivity contribution in [1.29, 1.82) is 0 Å². The van der Waals surface area contributed by atoms with Gasteiger partial charge in [0.25, 0.3) is 0 Å². The summed E-state index contributed by atoms with van der Waals surface area (Å²) in [7, 11) is 1.66. The molecule has 0 spiro atoms. The second-order valence-corrected chi connectivity index (χ2v) is 5.43. The lowest BCUT2D eigenvalue weighted by atomic mass is 10.2. The summed E-state index contributed by atoms with van der Waals surface area (Å²) in [6.07, 6.45) is 0. The minimum atomic E-state index is 0.711. The van der Waals surface area contributed by atoms with Gasteiger partial charge in [-0.15, -0.1) is 0 Å².